The molecule has 0 aliphatic heterocycles. The summed E-state index contributed by atoms with van der Waals surface area (Å²) in [7, 11) is 0. The van der Waals surface area contributed by atoms with Gasteiger partial charge < -0.3 is 9.88 Å². The van der Waals surface area contributed by atoms with Crippen molar-refractivity contribution in [3.63, 3.8) is 0 Å². The van der Waals surface area contributed by atoms with E-state index in [1.54, 1.807) is 24.5 Å². The van der Waals surface area contributed by atoms with Crippen molar-refractivity contribution >= 4 is 34.8 Å². The Morgan fingerprint density at radius 2 is 2.04 bits per heavy atom. The number of aryl methyl sites for hydroxylation is 1. The molecule has 0 unspecified atom stereocenters. The first-order chi connectivity index (χ1) is 12.0. The first-order valence-corrected chi connectivity index (χ1v) is 8.19. The summed E-state index contributed by atoms with van der Waals surface area (Å²) < 4.78 is 15.5. The largest absolute Gasteiger partial charge is 0.322 e. The van der Waals surface area contributed by atoms with Crippen molar-refractivity contribution in [2.24, 2.45) is 0 Å². The van der Waals surface area contributed by atoms with Gasteiger partial charge in [-0.25, -0.2) is 4.39 Å². The van der Waals surface area contributed by atoms with E-state index in [1.807, 2.05) is 17.6 Å². The second-order valence-corrected chi connectivity index (χ2v) is 6.04. The molecule has 0 saturated carbocycles. The van der Waals surface area contributed by atoms with Crippen LogP contribution in [0.15, 0.2) is 42.7 Å². The Balaban J connectivity index is 1.88. The van der Waals surface area contributed by atoms with Gasteiger partial charge in [0, 0.05) is 17.8 Å². The van der Waals surface area contributed by atoms with E-state index >= 15 is 0 Å². The summed E-state index contributed by atoms with van der Waals surface area (Å²) in [6, 6.07) is 9.33. The summed E-state index contributed by atoms with van der Waals surface area (Å²) in [6.07, 6.45) is 1.64. The highest BCUT2D eigenvalue weighted by Crippen LogP contribution is 2.26. The van der Waals surface area contributed by atoms with Crippen LogP contribution in [0.5, 0.6) is 0 Å². The van der Waals surface area contributed by atoms with Crippen molar-refractivity contribution in [3.05, 3.63) is 64.2 Å². The molecule has 0 aliphatic carbocycles. The molecule has 1 aromatic heterocycles. The standard InChI is InChI=1S/C17H13Cl2FN4O/c1-2-24-9-21-23-16(24)10-4-3-5-11(6-10)22-17(25)12-7-15(20)14(19)8-13(12)18/h3-9H,2H2,1H3,(H,22,25). The lowest BCUT2D eigenvalue weighted by Crippen LogP contribution is -2.13. The first kappa shape index (κ1) is 17.4. The van der Waals surface area contributed by atoms with Gasteiger partial charge in [0.1, 0.15) is 12.1 Å². The van der Waals surface area contributed by atoms with Gasteiger partial charge in [0.15, 0.2) is 5.82 Å². The minimum Gasteiger partial charge on any atom is -0.322 e. The quantitative estimate of drug-likeness (QED) is 0.671. The van der Waals surface area contributed by atoms with Crippen LogP contribution >= 0.6 is 23.2 Å². The fourth-order valence-corrected chi connectivity index (χ4v) is 2.81. The molecule has 8 heteroatoms. The van der Waals surface area contributed by atoms with Gasteiger partial charge in [-0.1, -0.05) is 35.3 Å². The first-order valence-electron chi connectivity index (χ1n) is 7.43. The second-order valence-electron chi connectivity index (χ2n) is 5.22. The van der Waals surface area contributed by atoms with Crippen LogP contribution in [0.4, 0.5) is 10.1 Å². The second kappa shape index (κ2) is 7.21. The highest BCUT2D eigenvalue weighted by atomic mass is 35.5. The van der Waals surface area contributed by atoms with Crippen LogP contribution in [0.2, 0.25) is 10.0 Å². The molecular formula is C17H13Cl2FN4O. The van der Waals surface area contributed by atoms with Gasteiger partial charge in [0.25, 0.3) is 5.91 Å². The Bertz CT molecular complexity index is 942. The molecule has 1 heterocycles. The van der Waals surface area contributed by atoms with Crippen molar-refractivity contribution in [1.82, 2.24) is 14.8 Å². The minimum absolute atomic E-state index is 0.00527. The summed E-state index contributed by atoms with van der Waals surface area (Å²) >= 11 is 11.6. The van der Waals surface area contributed by atoms with Crippen molar-refractivity contribution in [2.45, 2.75) is 13.5 Å². The minimum atomic E-state index is -0.707. The van der Waals surface area contributed by atoms with Gasteiger partial charge in [0.2, 0.25) is 0 Å². The van der Waals surface area contributed by atoms with E-state index in [-0.39, 0.29) is 15.6 Å². The lowest BCUT2D eigenvalue weighted by molar-refractivity contribution is 0.102. The number of rotatable bonds is 4. The zero-order chi connectivity index (χ0) is 18.0. The van der Waals surface area contributed by atoms with Gasteiger partial charge in [-0.15, -0.1) is 10.2 Å². The molecule has 0 atom stereocenters. The highest BCUT2D eigenvalue weighted by molar-refractivity contribution is 6.37. The van der Waals surface area contributed by atoms with Crippen molar-refractivity contribution < 1.29 is 9.18 Å². The summed E-state index contributed by atoms with van der Waals surface area (Å²) in [6.45, 7) is 2.70. The number of nitrogens with one attached hydrogen (secondary N) is 1. The molecule has 1 N–H and O–H groups in total. The molecule has 0 spiro atoms. The molecule has 0 bridgehead atoms. The van der Waals surface area contributed by atoms with Crippen LogP contribution in [-0.4, -0.2) is 20.7 Å². The van der Waals surface area contributed by atoms with Crippen molar-refractivity contribution in [3.8, 4) is 11.4 Å². The molecule has 0 aliphatic rings. The van der Waals surface area contributed by atoms with E-state index in [4.69, 9.17) is 23.2 Å². The number of benzene rings is 2. The summed E-state index contributed by atoms with van der Waals surface area (Å²) in [5, 5.41) is 10.6. The number of carbonyl (C=O) groups excluding carboxylic acids is 1. The Hall–Kier alpha value is -2.44. The number of nitrogens with zero attached hydrogens (tertiary/aromatic N) is 3. The Kier molecular flexibility index (Phi) is 5.01. The lowest BCUT2D eigenvalue weighted by Gasteiger charge is -2.09. The van der Waals surface area contributed by atoms with Crippen LogP contribution in [0.1, 0.15) is 17.3 Å². The van der Waals surface area contributed by atoms with Gasteiger partial charge in [0.05, 0.1) is 15.6 Å². The monoisotopic (exact) mass is 378 g/mol. The fraction of sp³-hybridized carbons (Fsp3) is 0.118. The third-order valence-corrected chi connectivity index (χ3v) is 4.19. The number of hydrogen-bond acceptors (Lipinski definition) is 3. The van der Waals surface area contributed by atoms with Gasteiger partial charge in [-0.2, -0.15) is 0 Å². The number of halogens is 3. The molecule has 5 nitrogen and oxygen atoms in total. The molecule has 0 saturated heterocycles. The third kappa shape index (κ3) is 3.65. The Labute approximate surface area is 153 Å². The van der Waals surface area contributed by atoms with Crippen LogP contribution in [0.25, 0.3) is 11.4 Å². The number of anilines is 1. The number of amides is 1. The third-order valence-electron chi connectivity index (χ3n) is 3.59. The number of aromatic nitrogens is 3. The predicted molar refractivity (Wildman–Crippen MR) is 95.5 cm³/mol. The summed E-state index contributed by atoms with van der Waals surface area (Å²) in [5.41, 5.74) is 1.33. The zero-order valence-electron chi connectivity index (χ0n) is 13.1. The van der Waals surface area contributed by atoms with E-state index in [0.717, 1.165) is 18.2 Å². The van der Waals surface area contributed by atoms with Crippen molar-refractivity contribution in [2.75, 3.05) is 5.32 Å². The van der Waals surface area contributed by atoms with E-state index in [0.29, 0.717) is 11.5 Å². The molecule has 128 valence electrons. The molecule has 1 amide bonds. The zero-order valence-corrected chi connectivity index (χ0v) is 14.6. The molecule has 3 aromatic rings. The summed E-state index contributed by atoms with van der Waals surface area (Å²) in [4.78, 5) is 12.4. The normalized spacial score (nSPS) is 10.7. The van der Waals surface area contributed by atoms with Crippen LogP contribution in [0, 0.1) is 5.82 Å². The maximum atomic E-state index is 13.6. The van der Waals surface area contributed by atoms with Crippen LogP contribution < -0.4 is 5.32 Å². The fourth-order valence-electron chi connectivity index (χ4n) is 2.34. The maximum Gasteiger partial charge on any atom is 0.257 e. The average Bonchev–Trinajstić information content (AvgIpc) is 3.07. The molecule has 3 rings (SSSR count). The number of hydrogen-bond donors (Lipinski definition) is 1. The van der Waals surface area contributed by atoms with E-state index in [9.17, 15) is 9.18 Å². The van der Waals surface area contributed by atoms with Gasteiger partial charge >= 0.3 is 0 Å². The molecule has 25 heavy (non-hydrogen) atoms. The lowest BCUT2D eigenvalue weighted by atomic mass is 10.1. The Morgan fingerprint density at radius 3 is 2.80 bits per heavy atom. The Morgan fingerprint density at radius 1 is 1.24 bits per heavy atom. The number of carbonyl (C=O) groups is 1. The van der Waals surface area contributed by atoms with E-state index < -0.39 is 11.7 Å². The highest BCUT2D eigenvalue weighted by Gasteiger charge is 2.15. The van der Waals surface area contributed by atoms with Crippen LogP contribution in [-0.2, 0) is 6.54 Å². The van der Waals surface area contributed by atoms with Crippen molar-refractivity contribution in [1.29, 1.82) is 0 Å². The van der Waals surface area contributed by atoms with Gasteiger partial charge in [-0.05, 0) is 31.2 Å². The van der Waals surface area contributed by atoms with E-state index in [1.165, 1.54) is 6.07 Å². The average molecular weight is 379 g/mol. The topological polar surface area (TPSA) is 59.8 Å². The van der Waals surface area contributed by atoms with Crippen LogP contribution in [0.3, 0.4) is 0 Å². The molecule has 0 radical (unpaired) electrons. The smallest absolute Gasteiger partial charge is 0.257 e. The molecule has 0 fully saturated rings. The predicted octanol–water partition coefficient (Wildman–Crippen LogP) is 4.66. The molecular weight excluding hydrogens is 366 g/mol. The maximum absolute atomic E-state index is 13.6. The van der Waals surface area contributed by atoms with E-state index in [2.05, 4.69) is 15.5 Å². The van der Waals surface area contributed by atoms with Gasteiger partial charge in [-0.3, -0.25) is 4.79 Å². The SMILES string of the molecule is CCn1cnnc1-c1cccc(NC(=O)c2cc(F)c(Cl)cc2Cl)c1. The summed E-state index contributed by atoms with van der Waals surface area (Å²) in [5.74, 6) is -0.551. The molecule has 2 aromatic carbocycles.